The van der Waals surface area contributed by atoms with Gasteiger partial charge in [0.2, 0.25) is 0 Å². The molecule has 4 rings (SSSR count). The number of ether oxygens (including phenoxy) is 1. The van der Waals surface area contributed by atoms with Gasteiger partial charge in [0.05, 0.1) is 18.0 Å². The molecule has 8 heteroatoms. The van der Waals surface area contributed by atoms with Crippen molar-refractivity contribution in [2.45, 2.75) is 38.8 Å². The quantitative estimate of drug-likeness (QED) is 0.604. The lowest BCUT2D eigenvalue weighted by atomic mass is 10.0. The number of amides is 1. The van der Waals surface area contributed by atoms with Crippen LogP contribution in [0.3, 0.4) is 0 Å². The molecular weight excluding hydrogens is 392 g/mol. The summed E-state index contributed by atoms with van der Waals surface area (Å²) in [5.41, 5.74) is 4.14. The van der Waals surface area contributed by atoms with Crippen molar-refractivity contribution in [2.24, 2.45) is 0 Å². The summed E-state index contributed by atoms with van der Waals surface area (Å²) in [5.74, 6) is 0.726. The van der Waals surface area contributed by atoms with E-state index in [1.165, 1.54) is 18.4 Å². The van der Waals surface area contributed by atoms with Gasteiger partial charge in [0.15, 0.2) is 5.65 Å². The monoisotopic (exact) mass is 422 g/mol. The first kappa shape index (κ1) is 21.1. The van der Waals surface area contributed by atoms with E-state index in [1.807, 2.05) is 36.7 Å². The van der Waals surface area contributed by atoms with Crippen LogP contribution in [0, 0.1) is 0 Å². The number of anilines is 1. The topological polar surface area (TPSA) is 83.8 Å². The van der Waals surface area contributed by atoms with Gasteiger partial charge < -0.3 is 20.3 Å². The van der Waals surface area contributed by atoms with E-state index in [0.29, 0.717) is 19.1 Å². The molecule has 1 aromatic carbocycles. The number of likely N-dealkylation sites (N-methyl/N-ethyl adjacent to an activating group) is 1. The molecule has 2 aromatic heterocycles. The van der Waals surface area contributed by atoms with Crippen LogP contribution in [0.15, 0.2) is 42.6 Å². The molecule has 0 spiro atoms. The Morgan fingerprint density at radius 1 is 1.29 bits per heavy atom. The fourth-order valence-electron chi connectivity index (χ4n) is 3.75. The molecule has 0 saturated carbocycles. The first-order chi connectivity index (χ1) is 15.0. The maximum atomic E-state index is 11.9. The van der Waals surface area contributed by atoms with E-state index in [2.05, 4.69) is 39.9 Å². The number of nitrogens with one attached hydrogen (secondary N) is 2. The fourth-order valence-corrected chi connectivity index (χ4v) is 3.75. The molecule has 1 aliphatic rings. The van der Waals surface area contributed by atoms with Gasteiger partial charge in [-0.2, -0.15) is 0 Å². The van der Waals surface area contributed by atoms with E-state index >= 15 is 0 Å². The molecule has 1 fully saturated rings. The van der Waals surface area contributed by atoms with Gasteiger partial charge in [-0.25, -0.2) is 14.3 Å². The van der Waals surface area contributed by atoms with Gasteiger partial charge in [-0.1, -0.05) is 24.3 Å². The van der Waals surface area contributed by atoms with E-state index < -0.39 is 0 Å². The molecule has 1 atom stereocenters. The third-order valence-corrected chi connectivity index (χ3v) is 5.43. The Labute approximate surface area is 182 Å². The number of imidazole rings is 1. The van der Waals surface area contributed by atoms with Crippen molar-refractivity contribution in [3.05, 3.63) is 48.2 Å². The number of benzene rings is 1. The molecule has 0 unspecified atom stereocenters. The second-order valence-electron chi connectivity index (χ2n) is 8.18. The fraction of sp³-hybridized carbons (Fsp3) is 0.435. The highest BCUT2D eigenvalue weighted by Gasteiger charge is 2.16. The number of hydrogen-bond donors (Lipinski definition) is 2. The smallest absolute Gasteiger partial charge is 0.409 e. The largest absolute Gasteiger partial charge is 0.447 e. The number of carbonyl (C=O) groups is 1. The number of hydrogen-bond acceptors (Lipinski definition) is 6. The number of carbonyl (C=O) groups excluding carboxylic acids is 1. The Balaban J connectivity index is 1.43. The van der Waals surface area contributed by atoms with Crippen molar-refractivity contribution in [1.82, 2.24) is 24.8 Å². The van der Waals surface area contributed by atoms with Crippen LogP contribution in [-0.4, -0.2) is 58.4 Å². The molecule has 3 aromatic rings. The maximum Gasteiger partial charge on any atom is 0.409 e. The molecule has 164 valence electrons. The summed E-state index contributed by atoms with van der Waals surface area (Å²) in [5, 5.41) is 11.5. The van der Waals surface area contributed by atoms with Crippen molar-refractivity contribution >= 4 is 17.6 Å². The first-order valence-corrected chi connectivity index (χ1v) is 10.9. The normalized spacial score (nSPS) is 16.1. The van der Waals surface area contributed by atoms with Crippen LogP contribution in [0.4, 0.5) is 10.6 Å². The number of nitrogens with zero attached hydrogens (tertiary/aromatic N) is 4. The standard InChI is InChI=1S/C23H30N6O2/c1-16(2)31-23(30)28(3)14-13-25-21-10-11-22-26-15-20(29(22)27-21)18-8-6-17(7-9-18)19-5-4-12-24-19/h6-11,15-16,19,24H,4-5,12-14H2,1-3H3,(H,25,27)/t19-/m0/s1. The van der Waals surface area contributed by atoms with Crippen molar-refractivity contribution in [2.75, 3.05) is 32.0 Å². The van der Waals surface area contributed by atoms with Crippen LogP contribution in [0.1, 0.15) is 38.3 Å². The Hall–Kier alpha value is -3.13. The second-order valence-corrected chi connectivity index (χ2v) is 8.18. The summed E-state index contributed by atoms with van der Waals surface area (Å²) in [6, 6.07) is 12.9. The first-order valence-electron chi connectivity index (χ1n) is 10.9. The lowest BCUT2D eigenvalue weighted by Crippen LogP contribution is -2.33. The van der Waals surface area contributed by atoms with Gasteiger partial charge in [-0.3, -0.25) is 0 Å². The van der Waals surface area contributed by atoms with Crippen LogP contribution < -0.4 is 10.6 Å². The lowest BCUT2D eigenvalue weighted by Gasteiger charge is -2.19. The number of fused-ring (bicyclic) bond motifs is 1. The maximum absolute atomic E-state index is 11.9. The van der Waals surface area contributed by atoms with Gasteiger partial charge in [-0.15, -0.1) is 5.10 Å². The average molecular weight is 423 g/mol. The average Bonchev–Trinajstić information content (AvgIpc) is 3.43. The number of aromatic nitrogens is 3. The summed E-state index contributed by atoms with van der Waals surface area (Å²) < 4.78 is 7.04. The SMILES string of the molecule is CC(C)OC(=O)N(C)CCNc1ccc2ncc(-c3ccc([C@@H]4CCCN4)cc3)n2n1. The molecule has 0 radical (unpaired) electrons. The minimum Gasteiger partial charge on any atom is -0.447 e. The Kier molecular flexibility index (Phi) is 6.36. The van der Waals surface area contributed by atoms with E-state index in [0.717, 1.165) is 29.3 Å². The molecule has 0 bridgehead atoms. The van der Waals surface area contributed by atoms with Gasteiger partial charge in [0.25, 0.3) is 0 Å². The summed E-state index contributed by atoms with van der Waals surface area (Å²) in [6.07, 6.45) is 3.82. The zero-order valence-electron chi connectivity index (χ0n) is 18.3. The molecular formula is C23H30N6O2. The minimum absolute atomic E-state index is 0.130. The predicted molar refractivity (Wildman–Crippen MR) is 121 cm³/mol. The third-order valence-electron chi connectivity index (χ3n) is 5.43. The van der Waals surface area contributed by atoms with Crippen LogP contribution in [0.5, 0.6) is 0 Å². The summed E-state index contributed by atoms with van der Waals surface area (Å²) in [4.78, 5) is 17.9. The van der Waals surface area contributed by atoms with Crippen molar-refractivity contribution < 1.29 is 9.53 Å². The molecule has 8 nitrogen and oxygen atoms in total. The zero-order chi connectivity index (χ0) is 21.8. The van der Waals surface area contributed by atoms with Gasteiger partial charge in [0, 0.05) is 31.7 Å². The van der Waals surface area contributed by atoms with E-state index in [9.17, 15) is 4.79 Å². The van der Waals surface area contributed by atoms with Gasteiger partial charge in [-0.05, 0) is 50.9 Å². The zero-order valence-corrected chi connectivity index (χ0v) is 18.3. The molecule has 1 aliphatic heterocycles. The Morgan fingerprint density at radius 3 is 2.81 bits per heavy atom. The predicted octanol–water partition coefficient (Wildman–Crippen LogP) is 3.71. The van der Waals surface area contributed by atoms with E-state index in [4.69, 9.17) is 9.84 Å². The summed E-state index contributed by atoms with van der Waals surface area (Å²) in [6.45, 7) is 5.85. The summed E-state index contributed by atoms with van der Waals surface area (Å²) in [7, 11) is 1.72. The van der Waals surface area contributed by atoms with Crippen LogP contribution in [0.2, 0.25) is 0 Å². The third kappa shape index (κ3) is 4.96. The molecule has 3 heterocycles. The number of rotatable bonds is 7. The lowest BCUT2D eigenvalue weighted by molar-refractivity contribution is 0.0851. The van der Waals surface area contributed by atoms with E-state index in [-0.39, 0.29) is 12.2 Å². The minimum atomic E-state index is -0.326. The molecule has 31 heavy (non-hydrogen) atoms. The van der Waals surface area contributed by atoms with Crippen LogP contribution in [-0.2, 0) is 4.74 Å². The molecule has 0 aliphatic carbocycles. The second kappa shape index (κ2) is 9.34. The Bertz CT molecular complexity index is 1020. The van der Waals surface area contributed by atoms with Crippen LogP contribution >= 0.6 is 0 Å². The van der Waals surface area contributed by atoms with Gasteiger partial charge >= 0.3 is 6.09 Å². The van der Waals surface area contributed by atoms with E-state index in [1.54, 1.807) is 11.9 Å². The highest BCUT2D eigenvalue weighted by Crippen LogP contribution is 2.26. The summed E-state index contributed by atoms with van der Waals surface area (Å²) >= 11 is 0. The van der Waals surface area contributed by atoms with Crippen LogP contribution in [0.25, 0.3) is 16.9 Å². The van der Waals surface area contributed by atoms with Gasteiger partial charge in [0.1, 0.15) is 5.82 Å². The highest BCUT2D eigenvalue weighted by atomic mass is 16.6. The van der Waals surface area contributed by atoms with Crippen molar-refractivity contribution in [1.29, 1.82) is 0 Å². The highest BCUT2D eigenvalue weighted by molar-refractivity contribution is 5.67. The molecule has 1 saturated heterocycles. The molecule has 1 amide bonds. The Morgan fingerprint density at radius 2 is 2.10 bits per heavy atom. The van der Waals surface area contributed by atoms with Crippen molar-refractivity contribution in [3.8, 4) is 11.3 Å². The van der Waals surface area contributed by atoms with Crippen molar-refractivity contribution in [3.63, 3.8) is 0 Å². The molecule has 2 N–H and O–H groups in total.